The van der Waals surface area contributed by atoms with Crippen LogP contribution >= 0.6 is 0 Å². The van der Waals surface area contributed by atoms with E-state index < -0.39 is 6.04 Å². The quantitative estimate of drug-likeness (QED) is 0.775. The highest BCUT2D eigenvalue weighted by atomic mass is 14.7. The zero-order valence-electron chi connectivity index (χ0n) is 8.62. The molecule has 0 aliphatic rings. The number of aryl methyl sites for hydroxylation is 1. The Bertz CT molecular complexity index is 519. The standard InChI is InChI=1S/C12H13N3/c1-8-11(6-9(14)7-13)10-4-2-3-5-12(10)15-8/h2-5,9,15H,6,14H2,1H3. The summed E-state index contributed by atoms with van der Waals surface area (Å²) in [4.78, 5) is 3.29. The number of hydrogen-bond acceptors (Lipinski definition) is 2. The Kier molecular flexibility index (Phi) is 2.44. The lowest BCUT2D eigenvalue weighted by Crippen LogP contribution is -2.20. The minimum atomic E-state index is -0.428. The third kappa shape index (κ3) is 1.72. The summed E-state index contributed by atoms with van der Waals surface area (Å²) in [5.74, 6) is 0. The second-order valence-corrected chi connectivity index (χ2v) is 3.71. The molecule has 0 aliphatic heterocycles. The van der Waals surface area contributed by atoms with Crippen molar-refractivity contribution < 1.29 is 0 Å². The first-order chi connectivity index (χ1) is 7.22. The van der Waals surface area contributed by atoms with Gasteiger partial charge < -0.3 is 10.7 Å². The fourth-order valence-corrected chi connectivity index (χ4v) is 1.86. The van der Waals surface area contributed by atoms with Crippen molar-refractivity contribution >= 4 is 10.9 Å². The molecule has 3 N–H and O–H groups in total. The Morgan fingerprint density at radius 1 is 1.47 bits per heavy atom. The van der Waals surface area contributed by atoms with E-state index in [9.17, 15) is 0 Å². The lowest BCUT2D eigenvalue weighted by Gasteiger charge is -2.02. The summed E-state index contributed by atoms with van der Waals surface area (Å²) in [6, 6.07) is 9.71. The highest BCUT2D eigenvalue weighted by Gasteiger charge is 2.10. The predicted molar refractivity (Wildman–Crippen MR) is 60.3 cm³/mol. The average molecular weight is 199 g/mol. The molecule has 0 bridgehead atoms. The van der Waals surface area contributed by atoms with Gasteiger partial charge in [0.2, 0.25) is 0 Å². The maximum Gasteiger partial charge on any atom is 0.0969 e. The second kappa shape index (κ2) is 3.76. The summed E-state index contributed by atoms with van der Waals surface area (Å²) >= 11 is 0. The summed E-state index contributed by atoms with van der Waals surface area (Å²) in [5.41, 5.74) is 9.01. The van der Waals surface area contributed by atoms with E-state index in [2.05, 4.69) is 17.1 Å². The lowest BCUT2D eigenvalue weighted by molar-refractivity contribution is 0.822. The number of nitrogens with one attached hydrogen (secondary N) is 1. The van der Waals surface area contributed by atoms with Crippen LogP contribution in [0.25, 0.3) is 10.9 Å². The number of nitrogens with zero attached hydrogens (tertiary/aromatic N) is 1. The average Bonchev–Trinajstić information content (AvgIpc) is 2.55. The molecule has 1 aromatic heterocycles. The van der Waals surface area contributed by atoms with Gasteiger partial charge in [0.1, 0.15) is 0 Å². The molecule has 1 unspecified atom stereocenters. The first-order valence-electron chi connectivity index (χ1n) is 4.93. The van der Waals surface area contributed by atoms with Crippen LogP contribution in [0.4, 0.5) is 0 Å². The molecule has 76 valence electrons. The molecule has 0 amide bonds. The van der Waals surface area contributed by atoms with Crippen LogP contribution in [0.15, 0.2) is 24.3 Å². The van der Waals surface area contributed by atoms with E-state index in [1.165, 1.54) is 5.39 Å². The summed E-state index contributed by atoms with van der Waals surface area (Å²) in [6.07, 6.45) is 0.604. The summed E-state index contributed by atoms with van der Waals surface area (Å²) < 4.78 is 0. The van der Waals surface area contributed by atoms with E-state index >= 15 is 0 Å². The molecule has 3 heteroatoms. The largest absolute Gasteiger partial charge is 0.358 e. The number of aromatic amines is 1. The highest BCUT2D eigenvalue weighted by Crippen LogP contribution is 2.22. The SMILES string of the molecule is Cc1[nH]c2ccccc2c1CC(N)C#N. The minimum Gasteiger partial charge on any atom is -0.358 e. The van der Waals surface area contributed by atoms with Gasteiger partial charge in [-0.2, -0.15) is 5.26 Å². The van der Waals surface area contributed by atoms with Gasteiger partial charge in [0.05, 0.1) is 12.1 Å². The highest BCUT2D eigenvalue weighted by molar-refractivity contribution is 5.84. The van der Waals surface area contributed by atoms with Gasteiger partial charge in [0.25, 0.3) is 0 Å². The van der Waals surface area contributed by atoms with E-state index in [1.807, 2.05) is 25.1 Å². The molecule has 0 aliphatic carbocycles. The minimum absolute atomic E-state index is 0.428. The predicted octanol–water partition coefficient (Wildman–Crippen LogP) is 1.87. The Hall–Kier alpha value is -1.79. The van der Waals surface area contributed by atoms with Gasteiger partial charge in [-0.05, 0) is 18.6 Å². The molecule has 15 heavy (non-hydrogen) atoms. The van der Waals surface area contributed by atoms with Crippen LogP contribution < -0.4 is 5.73 Å². The first kappa shape index (κ1) is 9.75. The molecule has 0 fully saturated rings. The number of nitrogens with two attached hydrogens (primary N) is 1. The van der Waals surface area contributed by atoms with Gasteiger partial charge in [0.15, 0.2) is 0 Å². The summed E-state index contributed by atoms with van der Waals surface area (Å²) in [7, 11) is 0. The molecule has 3 nitrogen and oxygen atoms in total. The van der Waals surface area contributed by atoms with Crippen LogP contribution in [0.5, 0.6) is 0 Å². The normalized spacial score (nSPS) is 12.6. The van der Waals surface area contributed by atoms with Crippen molar-refractivity contribution in [1.82, 2.24) is 4.98 Å². The van der Waals surface area contributed by atoms with E-state index in [-0.39, 0.29) is 0 Å². The maximum atomic E-state index is 8.71. The number of para-hydroxylation sites is 1. The van der Waals surface area contributed by atoms with E-state index in [1.54, 1.807) is 0 Å². The third-order valence-corrected chi connectivity index (χ3v) is 2.62. The van der Waals surface area contributed by atoms with Crippen molar-refractivity contribution in [3.63, 3.8) is 0 Å². The summed E-state index contributed by atoms with van der Waals surface area (Å²) in [6.45, 7) is 2.01. The molecule has 2 aromatic rings. The number of H-pyrrole nitrogens is 1. The molecular formula is C12H13N3. The van der Waals surface area contributed by atoms with Crippen LogP contribution in [0, 0.1) is 18.3 Å². The Balaban J connectivity index is 2.50. The summed E-state index contributed by atoms with van der Waals surface area (Å²) in [5, 5.41) is 9.88. The third-order valence-electron chi connectivity index (χ3n) is 2.62. The number of rotatable bonds is 2. The Labute approximate surface area is 88.5 Å². The molecule has 0 radical (unpaired) electrons. The monoisotopic (exact) mass is 199 g/mol. The fraction of sp³-hybridized carbons (Fsp3) is 0.250. The van der Waals surface area contributed by atoms with Crippen molar-refractivity contribution in [2.75, 3.05) is 0 Å². The molecule has 1 atom stereocenters. The molecule has 1 heterocycles. The van der Waals surface area contributed by atoms with Gasteiger partial charge in [-0.15, -0.1) is 0 Å². The topological polar surface area (TPSA) is 65.6 Å². The zero-order chi connectivity index (χ0) is 10.8. The first-order valence-corrected chi connectivity index (χ1v) is 4.93. The van der Waals surface area contributed by atoms with Crippen molar-refractivity contribution in [3.05, 3.63) is 35.5 Å². The zero-order valence-corrected chi connectivity index (χ0v) is 8.62. The molecular weight excluding hydrogens is 186 g/mol. The van der Waals surface area contributed by atoms with Crippen molar-refractivity contribution in [3.8, 4) is 6.07 Å². The molecule has 1 aromatic carbocycles. The number of fused-ring (bicyclic) bond motifs is 1. The van der Waals surface area contributed by atoms with Crippen LogP contribution in [0.3, 0.4) is 0 Å². The molecule has 0 spiro atoms. The number of benzene rings is 1. The van der Waals surface area contributed by atoms with Crippen molar-refractivity contribution in [2.45, 2.75) is 19.4 Å². The van der Waals surface area contributed by atoms with Gasteiger partial charge >= 0.3 is 0 Å². The molecule has 2 rings (SSSR count). The van der Waals surface area contributed by atoms with Crippen molar-refractivity contribution in [1.29, 1.82) is 5.26 Å². The number of hydrogen-bond donors (Lipinski definition) is 2. The maximum absolute atomic E-state index is 8.71. The van der Waals surface area contributed by atoms with E-state index in [0.29, 0.717) is 6.42 Å². The second-order valence-electron chi connectivity index (χ2n) is 3.71. The number of aromatic nitrogens is 1. The van der Waals surface area contributed by atoms with Gasteiger partial charge in [-0.1, -0.05) is 18.2 Å². The molecule has 0 saturated carbocycles. The van der Waals surface area contributed by atoms with Crippen LogP contribution in [0.1, 0.15) is 11.3 Å². The molecule has 0 saturated heterocycles. The van der Waals surface area contributed by atoms with Crippen LogP contribution in [-0.2, 0) is 6.42 Å². The van der Waals surface area contributed by atoms with Gasteiger partial charge in [0, 0.05) is 23.0 Å². The Morgan fingerprint density at radius 3 is 2.93 bits per heavy atom. The lowest BCUT2D eigenvalue weighted by atomic mass is 10.0. The van der Waals surface area contributed by atoms with Gasteiger partial charge in [-0.3, -0.25) is 0 Å². The van der Waals surface area contributed by atoms with Crippen LogP contribution in [0.2, 0.25) is 0 Å². The Morgan fingerprint density at radius 2 is 2.20 bits per heavy atom. The smallest absolute Gasteiger partial charge is 0.0969 e. The van der Waals surface area contributed by atoms with Crippen LogP contribution in [-0.4, -0.2) is 11.0 Å². The number of nitriles is 1. The van der Waals surface area contributed by atoms with Gasteiger partial charge in [-0.25, -0.2) is 0 Å². The van der Waals surface area contributed by atoms with Crippen molar-refractivity contribution in [2.24, 2.45) is 5.73 Å². The van der Waals surface area contributed by atoms with E-state index in [0.717, 1.165) is 16.8 Å². The fourth-order valence-electron chi connectivity index (χ4n) is 1.86. The van der Waals surface area contributed by atoms with E-state index in [4.69, 9.17) is 11.0 Å².